The van der Waals surface area contributed by atoms with Crippen LogP contribution in [-0.2, 0) is 11.2 Å². The van der Waals surface area contributed by atoms with Crippen molar-refractivity contribution in [3.63, 3.8) is 0 Å². The molecular weight excluding hydrogens is 564 g/mol. The van der Waals surface area contributed by atoms with E-state index in [2.05, 4.69) is 20.7 Å². The Bertz CT molecular complexity index is 1840. The third-order valence-corrected chi connectivity index (χ3v) is 8.72. The van der Waals surface area contributed by atoms with Crippen LogP contribution in [-0.4, -0.2) is 74.2 Å². The highest BCUT2D eigenvalue weighted by molar-refractivity contribution is 7.17. The zero-order chi connectivity index (χ0) is 28.8. The number of carbonyl (C=O) groups is 1. The average molecular weight is 593 g/mol. The van der Waals surface area contributed by atoms with E-state index in [9.17, 15) is 14.7 Å². The molecule has 0 aromatic carbocycles. The predicted octanol–water partition coefficient (Wildman–Crippen LogP) is 2.19. The summed E-state index contributed by atoms with van der Waals surface area (Å²) < 4.78 is 19.3. The van der Waals surface area contributed by atoms with Gasteiger partial charge in [0.25, 0.3) is 5.91 Å². The van der Waals surface area contributed by atoms with Gasteiger partial charge in [-0.15, -0.1) is 21.5 Å². The second-order valence-electron chi connectivity index (χ2n) is 10.5. The van der Waals surface area contributed by atoms with E-state index in [0.717, 1.165) is 19.3 Å². The van der Waals surface area contributed by atoms with Gasteiger partial charge in [0.1, 0.15) is 16.6 Å². The number of morpholine rings is 1. The number of rotatable bonds is 7. The lowest BCUT2D eigenvalue weighted by Crippen LogP contribution is -2.37. The molecule has 14 nitrogen and oxygen atoms in total. The first-order chi connectivity index (χ1) is 20.5. The van der Waals surface area contributed by atoms with Crippen molar-refractivity contribution in [3.05, 3.63) is 51.0 Å². The van der Waals surface area contributed by atoms with Gasteiger partial charge in [0.2, 0.25) is 11.4 Å². The molecule has 2 fully saturated rings. The van der Waals surface area contributed by atoms with Crippen LogP contribution in [0.15, 0.2) is 37.6 Å². The lowest BCUT2D eigenvalue weighted by Gasteiger charge is -2.29. The Morgan fingerprint density at radius 2 is 2.05 bits per heavy atom. The van der Waals surface area contributed by atoms with Crippen molar-refractivity contribution in [1.29, 1.82) is 0 Å². The molecule has 0 unspecified atom stereocenters. The van der Waals surface area contributed by atoms with Gasteiger partial charge in [0, 0.05) is 37.0 Å². The molecule has 0 spiro atoms. The summed E-state index contributed by atoms with van der Waals surface area (Å²) in [4.78, 5) is 32.1. The molecule has 2 atom stereocenters. The van der Waals surface area contributed by atoms with Gasteiger partial charge in [0.15, 0.2) is 22.9 Å². The van der Waals surface area contributed by atoms with E-state index >= 15 is 0 Å². The number of aliphatic hydroxyl groups is 1. The molecule has 1 saturated heterocycles. The fraction of sp³-hybridized carbons (Fsp3) is 0.407. The fourth-order valence-electron chi connectivity index (χ4n) is 5.59. The molecule has 2 aliphatic rings. The van der Waals surface area contributed by atoms with Crippen molar-refractivity contribution in [2.24, 2.45) is 5.73 Å². The molecule has 7 rings (SSSR count). The molecule has 218 valence electrons. The molecule has 1 aliphatic carbocycles. The van der Waals surface area contributed by atoms with E-state index in [1.165, 1.54) is 23.7 Å². The summed E-state index contributed by atoms with van der Waals surface area (Å²) in [6.07, 6.45) is 4.47. The number of hydrogen-bond donors (Lipinski definition) is 3. The fourth-order valence-corrected chi connectivity index (χ4v) is 6.48. The van der Waals surface area contributed by atoms with Crippen LogP contribution in [0.5, 0.6) is 0 Å². The van der Waals surface area contributed by atoms with Crippen molar-refractivity contribution in [2.75, 3.05) is 36.5 Å². The standard InChI is InChI=1S/C27H28N8O6S/c28-25(38)22-17(31-27(35-13-29-32-26(22)35)30-16-3-1-2-4-18(16)36)9-14-10-20(41-33-14)15-12-42-24-19(37)11-21(40-23(15)24)34-5-7-39-8-6-34/h10-13,16,18,36H,1-9H2,(H2,28,38)(H,30,31)/t16-,18+/m1/s1. The van der Waals surface area contributed by atoms with Crippen LogP contribution in [0.25, 0.3) is 27.3 Å². The smallest absolute Gasteiger partial charge is 0.254 e. The second kappa shape index (κ2) is 10.8. The topological polar surface area (TPSA) is 187 Å². The Morgan fingerprint density at radius 1 is 1.21 bits per heavy atom. The Kier molecular flexibility index (Phi) is 6.84. The van der Waals surface area contributed by atoms with Gasteiger partial charge in [-0.05, 0) is 12.8 Å². The van der Waals surface area contributed by atoms with E-state index in [-0.39, 0.29) is 29.1 Å². The molecule has 5 aromatic heterocycles. The van der Waals surface area contributed by atoms with E-state index in [4.69, 9.17) is 24.4 Å². The molecule has 4 N–H and O–H groups in total. The second-order valence-corrected chi connectivity index (χ2v) is 11.3. The summed E-state index contributed by atoms with van der Waals surface area (Å²) in [5.74, 6) is 0.581. The third kappa shape index (κ3) is 4.78. The number of nitrogens with two attached hydrogens (primary N) is 1. The quantitative estimate of drug-likeness (QED) is 0.250. The average Bonchev–Trinajstić information content (AvgIpc) is 3.75. The zero-order valence-electron chi connectivity index (χ0n) is 22.5. The number of thiophene rings is 1. The van der Waals surface area contributed by atoms with Crippen LogP contribution >= 0.6 is 11.3 Å². The number of nitrogens with zero attached hydrogens (tertiary/aromatic N) is 6. The molecule has 42 heavy (non-hydrogen) atoms. The Labute approximate surface area is 242 Å². The zero-order valence-corrected chi connectivity index (χ0v) is 23.3. The number of anilines is 2. The first kappa shape index (κ1) is 26.6. The maximum atomic E-state index is 12.9. The number of carbonyl (C=O) groups excluding carboxylic acids is 1. The molecule has 15 heteroatoms. The van der Waals surface area contributed by atoms with Crippen molar-refractivity contribution >= 4 is 45.0 Å². The highest BCUT2D eigenvalue weighted by Gasteiger charge is 2.27. The Balaban J connectivity index is 1.23. The molecule has 0 radical (unpaired) electrons. The lowest BCUT2D eigenvalue weighted by atomic mass is 9.93. The summed E-state index contributed by atoms with van der Waals surface area (Å²) in [5, 5.41) is 27.9. The first-order valence-corrected chi connectivity index (χ1v) is 14.6. The number of ether oxygens (including phenoxy) is 1. The summed E-state index contributed by atoms with van der Waals surface area (Å²) in [6.45, 7) is 2.37. The lowest BCUT2D eigenvalue weighted by molar-refractivity contribution is 0.0999. The first-order valence-electron chi connectivity index (χ1n) is 13.8. The SMILES string of the molecule is NC(=O)c1c(Cc2cc(-c3csc4c(=O)cc(N5CCOCC5)oc34)on2)nc(N[C@@H]2CCCC[C@@H]2O)n2cnnc12. The highest BCUT2D eigenvalue weighted by Crippen LogP contribution is 2.35. The minimum atomic E-state index is -0.704. The van der Waals surface area contributed by atoms with Crippen LogP contribution in [0.2, 0.25) is 0 Å². The van der Waals surface area contributed by atoms with Gasteiger partial charge in [-0.1, -0.05) is 18.0 Å². The van der Waals surface area contributed by atoms with E-state index in [0.29, 0.717) is 77.6 Å². The Morgan fingerprint density at radius 3 is 2.86 bits per heavy atom. The van der Waals surface area contributed by atoms with Crippen molar-refractivity contribution < 1.29 is 23.6 Å². The number of fused-ring (bicyclic) bond motifs is 2. The van der Waals surface area contributed by atoms with Crippen LogP contribution in [0.1, 0.15) is 47.4 Å². The van der Waals surface area contributed by atoms with Crippen LogP contribution in [0.4, 0.5) is 11.8 Å². The summed E-state index contributed by atoms with van der Waals surface area (Å²) >= 11 is 1.27. The van der Waals surface area contributed by atoms with Gasteiger partial charge < -0.3 is 34.7 Å². The van der Waals surface area contributed by atoms with Gasteiger partial charge in [0.05, 0.1) is 42.3 Å². The number of aliphatic hydroxyl groups excluding tert-OH is 1. The van der Waals surface area contributed by atoms with E-state index in [1.54, 1.807) is 15.8 Å². The highest BCUT2D eigenvalue weighted by atomic mass is 32.1. The largest absolute Gasteiger partial charge is 0.439 e. The van der Waals surface area contributed by atoms with Crippen LogP contribution in [0.3, 0.4) is 0 Å². The number of hydrogen-bond acceptors (Lipinski definition) is 13. The molecular formula is C27H28N8O6S. The summed E-state index contributed by atoms with van der Waals surface area (Å²) in [5.41, 5.74) is 7.86. The molecule has 0 bridgehead atoms. The maximum Gasteiger partial charge on any atom is 0.254 e. The monoisotopic (exact) mass is 592 g/mol. The number of nitrogens with one attached hydrogen (secondary N) is 1. The van der Waals surface area contributed by atoms with Gasteiger partial charge >= 0.3 is 0 Å². The van der Waals surface area contributed by atoms with Crippen LogP contribution in [0, 0.1) is 0 Å². The van der Waals surface area contributed by atoms with E-state index < -0.39 is 12.0 Å². The molecule has 1 saturated carbocycles. The van der Waals surface area contributed by atoms with Gasteiger partial charge in [-0.2, -0.15) is 0 Å². The number of amides is 1. The molecule has 5 aromatic rings. The van der Waals surface area contributed by atoms with Gasteiger partial charge in [-0.3, -0.25) is 14.0 Å². The Hall–Kier alpha value is -4.34. The van der Waals surface area contributed by atoms with Gasteiger partial charge in [-0.25, -0.2) is 4.98 Å². The summed E-state index contributed by atoms with van der Waals surface area (Å²) in [6, 6.07) is 3.03. The summed E-state index contributed by atoms with van der Waals surface area (Å²) in [7, 11) is 0. The minimum absolute atomic E-state index is 0.109. The normalized spacial score (nSPS) is 19.5. The van der Waals surface area contributed by atoms with Crippen molar-refractivity contribution in [2.45, 2.75) is 44.2 Å². The third-order valence-electron chi connectivity index (χ3n) is 7.75. The predicted molar refractivity (Wildman–Crippen MR) is 153 cm³/mol. The molecule has 1 amide bonds. The number of aromatic nitrogens is 5. The maximum absolute atomic E-state index is 12.9. The van der Waals surface area contributed by atoms with Crippen molar-refractivity contribution in [1.82, 2.24) is 24.7 Å². The number of primary amides is 1. The molecule has 6 heterocycles. The van der Waals surface area contributed by atoms with E-state index in [1.807, 2.05) is 4.90 Å². The molecule has 1 aliphatic heterocycles. The van der Waals surface area contributed by atoms with Crippen molar-refractivity contribution in [3.8, 4) is 11.3 Å². The van der Waals surface area contributed by atoms with Crippen LogP contribution < -0.4 is 21.4 Å². The minimum Gasteiger partial charge on any atom is -0.439 e.